The van der Waals surface area contributed by atoms with Crippen molar-refractivity contribution in [2.75, 3.05) is 26.0 Å². The molecule has 2 atom stereocenters. The van der Waals surface area contributed by atoms with Crippen LogP contribution in [0, 0.1) is 0 Å². The zero-order valence-corrected chi connectivity index (χ0v) is 11.3. The maximum Gasteiger partial charge on any atom is 0.139 e. The molecule has 0 bridgehead atoms. The number of methoxy groups -OCH3 is 1. The lowest BCUT2D eigenvalue weighted by atomic mass is 10.2. The molecule has 3 nitrogen and oxygen atoms in total. The first kappa shape index (κ1) is 12.5. The second kappa shape index (κ2) is 5.15. The quantitative estimate of drug-likeness (QED) is 0.898. The van der Waals surface area contributed by atoms with E-state index in [0.717, 1.165) is 18.0 Å². The van der Waals surface area contributed by atoms with Crippen LogP contribution in [-0.4, -0.2) is 37.7 Å². The zero-order valence-electron chi connectivity index (χ0n) is 10.5. The van der Waals surface area contributed by atoms with Gasteiger partial charge in [0, 0.05) is 30.4 Å². The normalized spacial score (nSPS) is 24.9. The molecule has 4 heteroatoms. The Morgan fingerprint density at radius 2 is 2.24 bits per heavy atom. The first-order valence-corrected chi connectivity index (χ1v) is 6.28. The standard InChI is InChI=1S/C13H19ClN2O/c1-9-6-11(8-16(9)2)15-10-4-5-12(14)13(7-10)17-3/h4-5,7,9,11,15H,6,8H2,1-3H3. The largest absolute Gasteiger partial charge is 0.495 e. The van der Waals surface area contributed by atoms with Gasteiger partial charge in [0.15, 0.2) is 0 Å². The average molecular weight is 255 g/mol. The number of benzene rings is 1. The van der Waals surface area contributed by atoms with Crippen molar-refractivity contribution in [3.63, 3.8) is 0 Å². The number of halogens is 1. The van der Waals surface area contributed by atoms with Crippen LogP contribution < -0.4 is 10.1 Å². The molecule has 0 saturated carbocycles. The predicted molar refractivity (Wildman–Crippen MR) is 72.1 cm³/mol. The van der Waals surface area contributed by atoms with Crippen LogP contribution >= 0.6 is 11.6 Å². The van der Waals surface area contributed by atoms with Crippen LogP contribution in [0.5, 0.6) is 5.75 Å². The summed E-state index contributed by atoms with van der Waals surface area (Å²) in [4.78, 5) is 2.37. The van der Waals surface area contributed by atoms with Crippen LogP contribution in [-0.2, 0) is 0 Å². The van der Waals surface area contributed by atoms with E-state index in [1.807, 2.05) is 18.2 Å². The second-order valence-electron chi connectivity index (χ2n) is 4.71. The van der Waals surface area contributed by atoms with Gasteiger partial charge in [-0.05, 0) is 32.5 Å². The summed E-state index contributed by atoms with van der Waals surface area (Å²) < 4.78 is 5.21. The zero-order chi connectivity index (χ0) is 12.4. The molecule has 1 fully saturated rings. The Kier molecular flexibility index (Phi) is 3.79. The molecule has 1 heterocycles. The van der Waals surface area contributed by atoms with Crippen molar-refractivity contribution in [3.8, 4) is 5.75 Å². The molecule has 1 aromatic carbocycles. The van der Waals surface area contributed by atoms with Gasteiger partial charge in [-0.3, -0.25) is 0 Å². The van der Waals surface area contributed by atoms with Gasteiger partial charge < -0.3 is 15.0 Å². The third kappa shape index (κ3) is 2.85. The smallest absolute Gasteiger partial charge is 0.139 e. The van der Waals surface area contributed by atoms with Gasteiger partial charge in [0.2, 0.25) is 0 Å². The first-order valence-electron chi connectivity index (χ1n) is 5.90. The minimum Gasteiger partial charge on any atom is -0.495 e. The molecular formula is C13H19ClN2O. The van der Waals surface area contributed by atoms with Crippen molar-refractivity contribution in [3.05, 3.63) is 23.2 Å². The van der Waals surface area contributed by atoms with Crippen molar-refractivity contribution < 1.29 is 4.74 Å². The number of rotatable bonds is 3. The van der Waals surface area contributed by atoms with Gasteiger partial charge >= 0.3 is 0 Å². The number of anilines is 1. The van der Waals surface area contributed by atoms with E-state index < -0.39 is 0 Å². The van der Waals surface area contributed by atoms with E-state index >= 15 is 0 Å². The van der Waals surface area contributed by atoms with E-state index in [2.05, 4.69) is 24.2 Å². The van der Waals surface area contributed by atoms with Crippen LogP contribution in [0.3, 0.4) is 0 Å². The molecule has 0 radical (unpaired) electrons. The van der Waals surface area contributed by atoms with Crippen molar-refractivity contribution in [1.29, 1.82) is 0 Å². The summed E-state index contributed by atoms with van der Waals surface area (Å²) >= 11 is 6.00. The maximum absolute atomic E-state index is 6.00. The molecule has 2 unspecified atom stereocenters. The lowest BCUT2D eigenvalue weighted by molar-refractivity contribution is 0.330. The lowest BCUT2D eigenvalue weighted by Crippen LogP contribution is -2.24. The molecule has 0 aromatic heterocycles. The predicted octanol–water partition coefficient (Wildman–Crippen LogP) is 2.85. The van der Waals surface area contributed by atoms with Crippen LogP contribution in [0.2, 0.25) is 5.02 Å². The highest BCUT2D eigenvalue weighted by Crippen LogP contribution is 2.28. The Bertz CT molecular complexity index is 387. The summed E-state index contributed by atoms with van der Waals surface area (Å²) in [5.41, 5.74) is 1.07. The fourth-order valence-electron chi connectivity index (χ4n) is 2.28. The molecule has 1 aliphatic heterocycles. The highest BCUT2D eigenvalue weighted by molar-refractivity contribution is 6.32. The topological polar surface area (TPSA) is 24.5 Å². The van der Waals surface area contributed by atoms with E-state index in [9.17, 15) is 0 Å². The summed E-state index contributed by atoms with van der Waals surface area (Å²) in [6.07, 6.45) is 1.17. The molecule has 17 heavy (non-hydrogen) atoms. The van der Waals surface area contributed by atoms with E-state index in [-0.39, 0.29) is 0 Å². The van der Waals surface area contributed by atoms with Crippen LogP contribution in [0.15, 0.2) is 18.2 Å². The Hall–Kier alpha value is -0.930. The van der Waals surface area contributed by atoms with E-state index in [1.165, 1.54) is 6.42 Å². The summed E-state index contributed by atoms with van der Waals surface area (Å²) in [7, 11) is 3.80. The Morgan fingerprint density at radius 3 is 2.82 bits per heavy atom. The molecule has 1 N–H and O–H groups in total. The molecule has 0 amide bonds. The van der Waals surface area contributed by atoms with E-state index in [4.69, 9.17) is 16.3 Å². The lowest BCUT2D eigenvalue weighted by Gasteiger charge is -2.15. The number of hydrogen-bond acceptors (Lipinski definition) is 3. The number of hydrogen-bond donors (Lipinski definition) is 1. The van der Waals surface area contributed by atoms with E-state index in [1.54, 1.807) is 7.11 Å². The minimum atomic E-state index is 0.501. The van der Waals surface area contributed by atoms with Gasteiger partial charge in [0.25, 0.3) is 0 Å². The van der Waals surface area contributed by atoms with Gasteiger partial charge in [0.05, 0.1) is 12.1 Å². The highest BCUT2D eigenvalue weighted by atomic mass is 35.5. The van der Waals surface area contributed by atoms with Gasteiger partial charge in [0.1, 0.15) is 5.75 Å². The summed E-state index contributed by atoms with van der Waals surface area (Å²) in [5.74, 6) is 0.719. The molecule has 94 valence electrons. The monoisotopic (exact) mass is 254 g/mol. The highest BCUT2D eigenvalue weighted by Gasteiger charge is 2.25. The number of nitrogens with zero attached hydrogens (tertiary/aromatic N) is 1. The molecule has 1 aromatic rings. The Balaban J connectivity index is 2.04. The SMILES string of the molecule is COc1cc(NC2CC(C)N(C)C2)ccc1Cl. The molecule has 0 aliphatic carbocycles. The van der Waals surface area contributed by atoms with Crippen LogP contribution in [0.25, 0.3) is 0 Å². The molecular weight excluding hydrogens is 236 g/mol. The number of likely N-dealkylation sites (N-methyl/N-ethyl adjacent to an activating group) is 1. The third-order valence-electron chi connectivity index (χ3n) is 3.41. The average Bonchev–Trinajstić information content (AvgIpc) is 2.61. The Morgan fingerprint density at radius 1 is 1.47 bits per heavy atom. The number of nitrogens with one attached hydrogen (secondary N) is 1. The fraction of sp³-hybridized carbons (Fsp3) is 0.538. The molecule has 0 spiro atoms. The van der Waals surface area contributed by atoms with Crippen LogP contribution in [0.4, 0.5) is 5.69 Å². The summed E-state index contributed by atoms with van der Waals surface area (Å²) in [6.45, 7) is 3.33. The van der Waals surface area contributed by atoms with Crippen molar-refractivity contribution in [2.24, 2.45) is 0 Å². The van der Waals surface area contributed by atoms with Gasteiger partial charge in [-0.1, -0.05) is 11.6 Å². The molecule has 1 aliphatic rings. The summed E-state index contributed by atoms with van der Waals surface area (Å²) in [6, 6.07) is 6.95. The van der Waals surface area contributed by atoms with Gasteiger partial charge in [-0.15, -0.1) is 0 Å². The van der Waals surface area contributed by atoms with Crippen molar-refractivity contribution in [2.45, 2.75) is 25.4 Å². The van der Waals surface area contributed by atoms with Gasteiger partial charge in [-0.2, -0.15) is 0 Å². The molecule has 1 saturated heterocycles. The minimum absolute atomic E-state index is 0.501. The number of likely N-dealkylation sites (tertiary alicyclic amines) is 1. The van der Waals surface area contributed by atoms with Gasteiger partial charge in [-0.25, -0.2) is 0 Å². The van der Waals surface area contributed by atoms with Crippen molar-refractivity contribution >= 4 is 17.3 Å². The Labute approximate surface area is 108 Å². The summed E-state index contributed by atoms with van der Waals surface area (Å²) in [5, 5.41) is 4.17. The first-order chi connectivity index (χ1) is 8.10. The van der Waals surface area contributed by atoms with Crippen molar-refractivity contribution in [1.82, 2.24) is 4.90 Å². The van der Waals surface area contributed by atoms with E-state index in [0.29, 0.717) is 17.1 Å². The number of ether oxygens (including phenoxy) is 1. The fourth-order valence-corrected chi connectivity index (χ4v) is 2.48. The molecule has 2 rings (SSSR count). The van der Waals surface area contributed by atoms with Crippen LogP contribution in [0.1, 0.15) is 13.3 Å². The second-order valence-corrected chi connectivity index (χ2v) is 5.12. The third-order valence-corrected chi connectivity index (χ3v) is 3.72. The maximum atomic E-state index is 6.00.